The molecule has 0 saturated carbocycles. The Labute approximate surface area is 95.3 Å². The van der Waals surface area contributed by atoms with E-state index in [1.807, 2.05) is 20.8 Å². The lowest BCUT2D eigenvalue weighted by Crippen LogP contribution is -2.41. The van der Waals surface area contributed by atoms with Gasteiger partial charge in [-0.3, -0.25) is 4.90 Å². The molecule has 0 aromatic carbocycles. The van der Waals surface area contributed by atoms with Gasteiger partial charge < -0.3 is 14.6 Å². The molecule has 5 heteroatoms. The van der Waals surface area contributed by atoms with E-state index < -0.39 is 11.7 Å². The maximum absolute atomic E-state index is 11.9. The highest BCUT2D eigenvalue weighted by Crippen LogP contribution is 2.31. The van der Waals surface area contributed by atoms with Gasteiger partial charge in [0, 0.05) is 5.92 Å². The summed E-state index contributed by atoms with van der Waals surface area (Å²) in [6.45, 7) is 6.89. The molecule has 2 aliphatic rings. The van der Waals surface area contributed by atoms with Gasteiger partial charge in [-0.15, -0.1) is 0 Å². The molecule has 0 aliphatic carbocycles. The number of hydrogen-bond acceptors (Lipinski definition) is 4. The molecular weight excluding hydrogens is 210 g/mol. The van der Waals surface area contributed by atoms with E-state index in [1.54, 1.807) is 4.90 Å². The molecule has 0 aromatic heterocycles. The second kappa shape index (κ2) is 3.89. The van der Waals surface area contributed by atoms with Crippen molar-refractivity contribution >= 4 is 6.09 Å². The number of aliphatic hydroxyl groups excluding tert-OH is 1. The topological polar surface area (TPSA) is 59.0 Å². The van der Waals surface area contributed by atoms with E-state index in [0.717, 1.165) is 0 Å². The molecule has 3 unspecified atom stereocenters. The van der Waals surface area contributed by atoms with Crippen LogP contribution in [0.15, 0.2) is 0 Å². The van der Waals surface area contributed by atoms with Crippen LogP contribution in [0.3, 0.4) is 0 Å². The van der Waals surface area contributed by atoms with Crippen LogP contribution in [0.1, 0.15) is 20.8 Å². The average Bonchev–Trinajstić information content (AvgIpc) is 2.66. The molecule has 2 aliphatic heterocycles. The van der Waals surface area contributed by atoms with Crippen LogP contribution in [-0.4, -0.2) is 53.6 Å². The third kappa shape index (κ3) is 2.15. The Hall–Kier alpha value is -0.810. The fourth-order valence-corrected chi connectivity index (χ4v) is 2.25. The predicted molar refractivity (Wildman–Crippen MR) is 57.0 cm³/mol. The van der Waals surface area contributed by atoms with Crippen molar-refractivity contribution in [3.05, 3.63) is 0 Å². The largest absolute Gasteiger partial charge is 0.444 e. The molecule has 0 aromatic rings. The first-order valence-electron chi connectivity index (χ1n) is 5.64. The van der Waals surface area contributed by atoms with Crippen LogP contribution in [0, 0.1) is 5.92 Å². The number of rotatable bonds is 0. The van der Waals surface area contributed by atoms with Gasteiger partial charge in [0.1, 0.15) is 5.60 Å². The summed E-state index contributed by atoms with van der Waals surface area (Å²) in [4.78, 5) is 13.5. The molecule has 92 valence electrons. The summed E-state index contributed by atoms with van der Waals surface area (Å²) < 4.78 is 10.6. The number of nitrogens with zero attached hydrogens (tertiary/aromatic N) is 1. The van der Waals surface area contributed by atoms with E-state index in [9.17, 15) is 9.90 Å². The zero-order valence-electron chi connectivity index (χ0n) is 9.97. The number of likely N-dealkylation sites (tertiary alicyclic amines) is 1. The van der Waals surface area contributed by atoms with Gasteiger partial charge in [0.15, 0.2) is 0 Å². The van der Waals surface area contributed by atoms with Gasteiger partial charge in [-0.25, -0.2) is 4.79 Å². The third-order valence-corrected chi connectivity index (χ3v) is 3.00. The number of carbonyl (C=O) groups is 1. The summed E-state index contributed by atoms with van der Waals surface area (Å²) in [5.41, 5.74) is -0.500. The normalized spacial score (nSPS) is 34.0. The lowest BCUT2D eigenvalue weighted by molar-refractivity contribution is 0.0162. The molecule has 0 bridgehead atoms. The van der Waals surface area contributed by atoms with Gasteiger partial charge in [0.2, 0.25) is 0 Å². The smallest absolute Gasteiger partial charge is 0.410 e. The third-order valence-electron chi connectivity index (χ3n) is 3.00. The molecule has 0 radical (unpaired) electrons. The Morgan fingerprint density at radius 1 is 1.44 bits per heavy atom. The molecule has 3 atom stereocenters. The molecule has 16 heavy (non-hydrogen) atoms. The highest BCUT2D eigenvalue weighted by Gasteiger charge is 2.47. The minimum Gasteiger partial charge on any atom is -0.444 e. The van der Waals surface area contributed by atoms with Crippen LogP contribution in [0.4, 0.5) is 4.79 Å². The van der Waals surface area contributed by atoms with Crippen molar-refractivity contribution in [1.29, 1.82) is 0 Å². The zero-order chi connectivity index (χ0) is 11.9. The Morgan fingerprint density at radius 2 is 2.12 bits per heavy atom. The molecule has 1 amide bonds. The van der Waals surface area contributed by atoms with Gasteiger partial charge in [-0.1, -0.05) is 0 Å². The number of amides is 1. The van der Waals surface area contributed by atoms with Gasteiger partial charge in [-0.2, -0.15) is 0 Å². The zero-order valence-corrected chi connectivity index (χ0v) is 9.97. The number of fused-ring (bicyclic) bond motifs is 1. The predicted octanol–water partition coefficient (Wildman–Crippen LogP) is 0.613. The van der Waals surface area contributed by atoms with Crippen molar-refractivity contribution < 1.29 is 19.4 Å². The minimum absolute atomic E-state index is 0.0233. The Bertz CT molecular complexity index is 286. The molecule has 0 spiro atoms. The lowest BCUT2D eigenvalue weighted by Gasteiger charge is -2.27. The van der Waals surface area contributed by atoms with E-state index in [1.165, 1.54) is 0 Å². The number of ether oxygens (including phenoxy) is 2. The summed E-state index contributed by atoms with van der Waals surface area (Å²) in [5, 5.41) is 9.79. The van der Waals surface area contributed by atoms with Gasteiger partial charge in [0.05, 0.1) is 31.9 Å². The van der Waals surface area contributed by atoms with Gasteiger partial charge in [0.25, 0.3) is 0 Å². The molecule has 5 nitrogen and oxygen atoms in total. The van der Waals surface area contributed by atoms with Crippen LogP contribution in [0.25, 0.3) is 0 Å². The van der Waals surface area contributed by atoms with E-state index in [2.05, 4.69) is 0 Å². The Balaban J connectivity index is 2.02. The first-order valence-corrected chi connectivity index (χ1v) is 5.64. The molecule has 2 fully saturated rings. The summed E-state index contributed by atoms with van der Waals surface area (Å²) in [6.07, 6.45) is -0.843. The van der Waals surface area contributed by atoms with Crippen molar-refractivity contribution in [3.8, 4) is 0 Å². The standard InChI is InChI=1S/C11H19NO4/c1-11(2,3)16-10(14)12-4-9(13)7-5-15-6-8(7)12/h7-9,13H,4-6H2,1-3H3. The monoisotopic (exact) mass is 229 g/mol. The van der Waals surface area contributed by atoms with Crippen molar-refractivity contribution in [2.45, 2.75) is 38.5 Å². The van der Waals surface area contributed by atoms with Crippen molar-refractivity contribution in [3.63, 3.8) is 0 Å². The van der Waals surface area contributed by atoms with E-state index in [0.29, 0.717) is 19.8 Å². The van der Waals surface area contributed by atoms with E-state index in [4.69, 9.17) is 9.47 Å². The van der Waals surface area contributed by atoms with Crippen molar-refractivity contribution in [2.24, 2.45) is 5.92 Å². The van der Waals surface area contributed by atoms with Crippen LogP contribution in [-0.2, 0) is 9.47 Å². The second-order valence-electron chi connectivity index (χ2n) is 5.47. The summed E-state index contributed by atoms with van der Waals surface area (Å²) in [6, 6.07) is -0.0233. The summed E-state index contributed by atoms with van der Waals surface area (Å²) in [5.74, 6) is 0.0486. The van der Waals surface area contributed by atoms with Gasteiger partial charge in [-0.05, 0) is 20.8 Å². The van der Waals surface area contributed by atoms with Crippen molar-refractivity contribution in [1.82, 2.24) is 4.90 Å². The SMILES string of the molecule is CC(C)(C)OC(=O)N1CC(O)C2COCC21. The highest BCUT2D eigenvalue weighted by atomic mass is 16.6. The number of aliphatic hydroxyl groups is 1. The Kier molecular flexibility index (Phi) is 2.84. The number of hydrogen-bond donors (Lipinski definition) is 1. The fraction of sp³-hybridized carbons (Fsp3) is 0.909. The van der Waals surface area contributed by atoms with Crippen molar-refractivity contribution in [2.75, 3.05) is 19.8 Å². The maximum Gasteiger partial charge on any atom is 0.410 e. The first-order chi connectivity index (χ1) is 7.38. The molecule has 1 N–H and O–H groups in total. The van der Waals surface area contributed by atoms with E-state index >= 15 is 0 Å². The quantitative estimate of drug-likeness (QED) is 0.661. The maximum atomic E-state index is 11.9. The summed E-state index contributed by atoms with van der Waals surface area (Å²) >= 11 is 0. The fourth-order valence-electron chi connectivity index (χ4n) is 2.25. The van der Waals surface area contributed by atoms with Crippen LogP contribution in [0.2, 0.25) is 0 Å². The van der Waals surface area contributed by atoms with Gasteiger partial charge >= 0.3 is 6.09 Å². The first kappa shape index (κ1) is 11.7. The minimum atomic E-state index is -0.500. The molecule has 2 saturated heterocycles. The highest BCUT2D eigenvalue weighted by molar-refractivity contribution is 5.69. The van der Waals surface area contributed by atoms with Crippen LogP contribution < -0.4 is 0 Å². The summed E-state index contributed by atoms with van der Waals surface area (Å²) in [7, 11) is 0. The van der Waals surface area contributed by atoms with Crippen LogP contribution in [0.5, 0.6) is 0 Å². The Morgan fingerprint density at radius 3 is 2.75 bits per heavy atom. The lowest BCUT2D eigenvalue weighted by atomic mass is 10.0. The number of β-amino-alcohol motifs (C(OH)–C–C–N with tert-alkyl or cyclic N) is 1. The number of carbonyl (C=O) groups excluding carboxylic acids is 1. The molecule has 2 heterocycles. The molecule has 2 rings (SSSR count). The van der Waals surface area contributed by atoms with E-state index in [-0.39, 0.29) is 18.1 Å². The average molecular weight is 229 g/mol. The molecular formula is C11H19NO4. The second-order valence-corrected chi connectivity index (χ2v) is 5.47. The van der Waals surface area contributed by atoms with Crippen LogP contribution >= 0.6 is 0 Å².